The van der Waals surface area contributed by atoms with E-state index in [0.29, 0.717) is 24.4 Å². The molecular formula is C20H25N3O4. The van der Waals surface area contributed by atoms with E-state index in [4.69, 9.17) is 9.26 Å². The van der Waals surface area contributed by atoms with Crippen LogP contribution < -0.4 is 5.32 Å². The summed E-state index contributed by atoms with van der Waals surface area (Å²) in [5.74, 6) is 0.484. The quantitative estimate of drug-likeness (QED) is 0.770. The number of anilines is 1. The summed E-state index contributed by atoms with van der Waals surface area (Å²) in [6.07, 6.45) is 3.63. The monoisotopic (exact) mass is 371 g/mol. The number of urea groups is 1. The number of esters is 1. The molecule has 0 spiro atoms. The highest BCUT2D eigenvalue weighted by Gasteiger charge is 2.32. The highest BCUT2D eigenvalue weighted by atomic mass is 16.5. The molecule has 0 aliphatic carbocycles. The highest BCUT2D eigenvalue weighted by molar-refractivity contribution is 5.92. The second-order valence-corrected chi connectivity index (χ2v) is 6.55. The maximum absolute atomic E-state index is 12.7. The molecule has 27 heavy (non-hydrogen) atoms. The van der Waals surface area contributed by atoms with Gasteiger partial charge < -0.3 is 19.5 Å². The molecule has 1 aliphatic rings. The van der Waals surface area contributed by atoms with Crippen molar-refractivity contribution >= 4 is 17.7 Å². The van der Waals surface area contributed by atoms with Gasteiger partial charge in [0.1, 0.15) is 11.5 Å². The zero-order valence-electron chi connectivity index (χ0n) is 15.7. The maximum Gasteiger partial charge on any atom is 0.338 e. The minimum Gasteiger partial charge on any atom is -0.462 e. The van der Waals surface area contributed by atoms with Crippen molar-refractivity contribution in [3.8, 4) is 0 Å². The molecule has 1 saturated heterocycles. The predicted octanol–water partition coefficient (Wildman–Crippen LogP) is 4.17. The average molecular weight is 371 g/mol. The molecule has 7 heteroatoms. The van der Waals surface area contributed by atoms with Gasteiger partial charge >= 0.3 is 12.0 Å². The van der Waals surface area contributed by atoms with Gasteiger partial charge in [-0.2, -0.15) is 0 Å². The first-order valence-electron chi connectivity index (χ1n) is 9.42. The Hall–Kier alpha value is -2.83. The van der Waals surface area contributed by atoms with Crippen LogP contribution in [0.25, 0.3) is 0 Å². The molecule has 2 heterocycles. The van der Waals surface area contributed by atoms with E-state index >= 15 is 0 Å². The number of amides is 2. The third-order valence-electron chi connectivity index (χ3n) is 4.58. The molecule has 1 aromatic carbocycles. The number of nitrogens with one attached hydrogen (secondary N) is 1. The Bertz CT molecular complexity index is 785. The number of ether oxygens (including phenoxy) is 1. The number of nitrogens with zero attached hydrogens (tertiary/aromatic N) is 2. The smallest absolute Gasteiger partial charge is 0.338 e. The standard InChI is InChI=1S/C20H25N3O4/c1-3-6-16-13-17(22-27-16)18-7-5-12-23(18)20(25)21-15-10-8-14(9-11-15)19(24)26-4-2/h8-11,13,18H,3-7,12H2,1-2H3,(H,21,25)/t18-/m0/s1. The molecule has 0 unspecified atom stereocenters. The first-order valence-corrected chi connectivity index (χ1v) is 9.42. The summed E-state index contributed by atoms with van der Waals surface area (Å²) in [6, 6.07) is 8.39. The number of carbonyl (C=O) groups excluding carboxylic acids is 2. The lowest BCUT2D eigenvalue weighted by molar-refractivity contribution is 0.0526. The summed E-state index contributed by atoms with van der Waals surface area (Å²) >= 11 is 0. The van der Waals surface area contributed by atoms with E-state index in [-0.39, 0.29) is 18.0 Å². The Morgan fingerprint density at radius 2 is 2.07 bits per heavy atom. The molecule has 0 saturated carbocycles. The Kier molecular flexibility index (Phi) is 6.11. The van der Waals surface area contributed by atoms with Crippen LogP contribution in [0.4, 0.5) is 10.5 Å². The zero-order valence-corrected chi connectivity index (χ0v) is 15.7. The van der Waals surface area contributed by atoms with Crippen LogP contribution in [0.1, 0.15) is 61.0 Å². The summed E-state index contributed by atoms with van der Waals surface area (Å²) in [5.41, 5.74) is 1.90. The van der Waals surface area contributed by atoms with Crippen molar-refractivity contribution in [2.75, 3.05) is 18.5 Å². The SMILES string of the molecule is CCCc1cc([C@@H]2CCCN2C(=O)Nc2ccc(C(=O)OCC)cc2)no1. The van der Waals surface area contributed by atoms with E-state index in [9.17, 15) is 9.59 Å². The number of rotatable bonds is 6. The Morgan fingerprint density at radius 3 is 2.78 bits per heavy atom. The molecule has 7 nitrogen and oxygen atoms in total. The second kappa shape index (κ2) is 8.70. The lowest BCUT2D eigenvalue weighted by Gasteiger charge is -2.23. The lowest BCUT2D eigenvalue weighted by atomic mass is 10.1. The summed E-state index contributed by atoms with van der Waals surface area (Å²) < 4.78 is 10.3. The predicted molar refractivity (Wildman–Crippen MR) is 101 cm³/mol. The van der Waals surface area contributed by atoms with Gasteiger partial charge in [-0.15, -0.1) is 0 Å². The molecule has 3 rings (SSSR count). The van der Waals surface area contributed by atoms with E-state index in [1.54, 1.807) is 36.1 Å². The fraction of sp³-hybridized carbons (Fsp3) is 0.450. The minimum atomic E-state index is -0.371. The first kappa shape index (κ1) is 18.9. The van der Waals surface area contributed by atoms with Crippen molar-refractivity contribution in [1.82, 2.24) is 10.1 Å². The van der Waals surface area contributed by atoms with Gasteiger partial charge in [0.15, 0.2) is 0 Å². The fourth-order valence-corrected chi connectivity index (χ4v) is 3.27. The van der Waals surface area contributed by atoms with E-state index in [0.717, 1.165) is 37.1 Å². The summed E-state index contributed by atoms with van der Waals surface area (Å²) in [4.78, 5) is 26.2. The number of hydrogen-bond donors (Lipinski definition) is 1. The van der Waals surface area contributed by atoms with Crippen LogP contribution in [0.3, 0.4) is 0 Å². The average Bonchev–Trinajstić information content (AvgIpc) is 3.32. The van der Waals surface area contributed by atoms with E-state index in [1.165, 1.54) is 0 Å². The molecule has 2 aromatic rings. The van der Waals surface area contributed by atoms with Crippen LogP contribution in [0.15, 0.2) is 34.9 Å². The summed E-state index contributed by atoms with van der Waals surface area (Å²) in [5, 5.41) is 7.05. The van der Waals surface area contributed by atoms with Crippen molar-refractivity contribution in [2.45, 2.75) is 45.6 Å². The van der Waals surface area contributed by atoms with Gasteiger partial charge in [0, 0.05) is 24.7 Å². The molecule has 1 N–H and O–H groups in total. The Labute approximate surface area is 158 Å². The number of benzene rings is 1. The maximum atomic E-state index is 12.7. The van der Waals surface area contributed by atoms with Gasteiger partial charge in [0.2, 0.25) is 0 Å². The van der Waals surface area contributed by atoms with Gasteiger partial charge in [0.05, 0.1) is 18.2 Å². The molecule has 1 aromatic heterocycles. The largest absolute Gasteiger partial charge is 0.462 e. The molecule has 144 valence electrons. The molecule has 0 bridgehead atoms. The van der Waals surface area contributed by atoms with Crippen molar-refractivity contribution in [1.29, 1.82) is 0 Å². The fourth-order valence-electron chi connectivity index (χ4n) is 3.27. The molecular weight excluding hydrogens is 346 g/mol. The first-order chi connectivity index (χ1) is 13.1. The summed E-state index contributed by atoms with van der Waals surface area (Å²) in [6.45, 7) is 4.85. The van der Waals surface area contributed by atoms with Crippen LogP contribution in [0, 0.1) is 0 Å². The highest BCUT2D eigenvalue weighted by Crippen LogP contribution is 2.32. The number of carbonyl (C=O) groups is 2. The van der Waals surface area contributed by atoms with Crippen LogP contribution in [0.5, 0.6) is 0 Å². The van der Waals surface area contributed by atoms with Crippen molar-refractivity contribution < 1.29 is 18.8 Å². The van der Waals surface area contributed by atoms with Crippen molar-refractivity contribution in [3.63, 3.8) is 0 Å². The van der Waals surface area contributed by atoms with E-state index in [2.05, 4.69) is 17.4 Å². The molecule has 0 radical (unpaired) electrons. The lowest BCUT2D eigenvalue weighted by Crippen LogP contribution is -2.34. The topological polar surface area (TPSA) is 84.7 Å². The van der Waals surface area contributed by atoms with Crippen molar-refractivity contribution in [3.05, 3.63) is 47.3 Å². The Morgan fingerprint density at radius 1 is 1.30 bits per heavy atom. The number of hydrogen-bond acceptors (Lipinski definition) is 5. The van der Waals surface area contributed by atoms with Gasteiger partial charge in [-0.3, -0.25) is 0 Å². The number of aromatic nitrogens is 1. The van der Waals surface area contributed by atoms with E-state index < -0.39 is 0 Å². The molecule has 1 fully saturated rings. The van der Waals surface area contributed by atoms with Gasteiger partial charge in [-0.05, 0) is 50.5 Å². The van der Waals surface area contributed by atoms with Crippen molar-refractivity contribution in [2.24, 2.45) is 0 Å². The van der Waals surface area contributed by atoms with E-state index in [1.807, 2.05) is 6.07 Å². The number of aryl methyl sites for hydroxylation is 1. The molecule has 2 amide bonds. The minimum absolute atomic E-state index is 0.0711. The summed E-state index contributed by atoms with van der Waals surface area (Å²) in [7, 11) is 0. The van der Waals surface area contributed by atoms with Gasteiger partial charge in [0.25, 0.3) is 0 Å². The van der Waals surface area contributed by atoms with Gasteiger partial charge in [-0.25, -0.2) is 9.59 Å². The van der Waals surface area contributed by atoms with Crippen LogP contribution >= 0.6 is 0 Å². The van der Waals surface area contributed by atoms with Crippen LogP contribution in [-0.4, -0.2) is 35.2 Å². The normalized spacial score (nSPS) is 16.4. The van der Waals surface area contributed by atoms with Crippen LogP contribution in [0.2, 0.25) is 0 Å². The second-order valence-electron chi connectivity index (χ2n) is 6.55. The number of likely N-dealkylation sites (tertiary alicyclic amines) is 1. The third kappa shape index (κ3) is 4.48. The third-order valence-corrected chi connectivity index (χ3v) is 4.58. The zero-order chi connectivity index (χ0) is 19.2. The van der Waals surface area contributed by atoms with Crippen LogP contribution in [-0.2, 0) is 11.2 Å². The van der Waals surface area contributed by atoms with Gasteiger partial charge in [-0.1, -0.05) is 12.1 Å². The Balaban J connectivity index is 1.65. The molecule has 1 atom stereocenters. The molecule has 1 aliphatic heterocycles.